The highest BCUT2D eigenvalue weighted by molar-refractivity contribution is 9.10. The number of rotatable bonds is 1. The van der Waals surface area contributed by atoms with Crippen molar-refractivity contribution in [2.75, 3.05) is 0 Å². The number of benzene rings is 4. The lowest BCUT2D eigenvalue weighted by Crippen LogP contribution is -1.99. The fourth-order valence-corrected chi connectivity index (χ4v) is 5.02. The monoisotopic (exact) mass is 438 g/mol. The van der Waals surface area contributed by atoms with Gasteiger partial charge in [0.25, 0.3) is 0 Å². The van der Waals surface area contributed by atoms with Crippen molar-refractivity contribution in [1.29, 1.82) is 0 Å². The van der Waals surface area contributed by atoms with Gasteiger partial charge in [-0.15, -0.1) is 0 Å². The summed E-state index contributed by atoms with van der Waals surface area (Å²) in [7, 11) is 0. The fourth-order valence-electron chi connectivity index (χ4n) is 4.66. The van der Waals surface area contributed by atoms with Gasteiger partial charge in [-0.25, -0.2) is 0 Å². The number of hydrogen-bond acceptors (Lipinski definition) is 1. The van der Waals surface area contributed by atoms with Gasteiger partial charge in [0.05, 0.1) is 11.4 Å². The molecule has 2 nitrogen and oxygen atoms in total. The highest BCUT2D eigenvalue weighted by Crippen LogP contribution is 2.43. The van der Waals surface area contributed by atoms with Crippen LogP contribution in [0, 0.1) is 13.8 Å². The molecule has 5 aromatic rings. The van der Waals surface area contributed by atoms with Crippen LogP contribution in [0.1, 0.15) is 22.3 Å². The number of aromatic amines is 1. The predicted molar refractivity (Wildman–Crippen MR) is 127 cm³/mol. The van der Waals surface area contributed by atoms with Crippen LogP contribution in [0.15, 0.2) is 70.3 Å². The molecule has 0 saturated heterocycles. The molecule has 1 aromatic heterocycles. The number of hydrogen-bond donors (Lipinski definition) is 1. The average molecular weight is 439 g/mol. The minimum Gasteiger partial charge on any atom is -0.360 e. The van der Waals surface area contributed by atoms with Crippen LogP contribution in [0.3, 0.4) is 0 Å². The van der Waals surface area contributed by atoms with Gasteiger partial charge in [-0.2, -0.15) is 0 Å². The standard InChI is InChI=1S/C26H19BrN2/c1-14-3-6-17-18-7-4-15(2)10-21(18)26-22(19(17)9-14)12-25(29-26)23-13-28-24-8-5-16(27)11-20(23)24/h3-11,13,28H,12H2,1-2H3. The van der Waals surface area contributed by atoms with Crippen LogP contribution in [0.5, 0.6) is 0 Å². The Morgan fingerprint density at radius 1 is 0.793 bits per heavy atom. The van der Waals surface area contributed by atoms with Crippen LogP contribution < -0.4 is 0 Å². The maximum absolute atomic E-state index is 5.20. The zero-order chi connectivity index (χ0) is 19.7. The Morgan fingerprint density at radius 2 is 1.52 bits per heavy atom. The minimum absolute atomic E-state index is 0.860. The summed E-state index contributed by atoms with van der Waals surface area (Å²) in [6.45, 7) is 4.32. The molecule has 0 radical (unpaired) electrons. The molecule has 0 bridgehead atoms. The van der Waals surface area contributed by atoms with E-state index in [2.05, 4.69) is 95.6 Å². The van der Waals surface area contributed by atoms with E-state index in [9.17, 15) is 0 Å². The number of fused-ring (bicyclic) bond motifs is 7. The fraction of sp³-hybridized carbons (Fsp3) is 0.115. The molecule has 1 aliphatic heterocycles. The number of halogens is 1. The molecule has 3 heteroatoms. The molecule has 4 aromatic carbocycles. The van der Waals surface area contributed by atoms with Crippen LogP contribution in [0.25, 0.3) is 32.4 Å². The van der Waals surface area contributed by atoms with Crippen LogP contribution in [0.2, 0.25) is 0 Å². The van der Waals surface area contributed by atoms with Crippen LogP contribution in [0.4, 0.5) is 5.69 Å². The first kappa shape index (κ1) is 17.0. The number of H-pyrrole nitrogens is 1. The van der Waals surface area contributed by atoms with Gasteiger partial charge >= 0.3 is 0 Å². The molecule has 6 rings (SSSR count). The zero-order valence-corrected chi connectivity index (χ0v) is 17.9. The van der Waals surface area contributed by atoms with Crippen molar-refractivity contribution < 1.29 is 0 Å². The van der Waals surface area contributed by atoms with Gasteiger partial charge in [0.1, 0.15) is 0 Å². The maximum atomic E-state index is 5.20. The third-order valence-electron chi connectivity index (χ3n) is 6.05. The molecule has 1 N–H and O–H groups in total. The molecule has 0 spiro atoms. The number of nitrogens with one attached hydrogen (secondary N) is 1. The Hall–Kier alpha value is -2.91. The number of nitrogens with zero attached hydrogens (tertiary/aromatic N) is 1. The van der Waals surface area contributed by atoms with Crippen LogP contribution in [-0.4, -0.2) is 10.7 Å². The predicted octanol–water partition coefficient (Wildman–Crippen LogP) is 7.53. The van der Waals surface area contributed by atoms with E-state index in [0.29, 0.717) is 0 Å². The van der Waals surface area contributed by atoms with Crippen molar-refractivity contribution in [2.45, 2.75) is 20.3 Å². The van der Waals surface area contributed by atoms with E-state index in [1.165, 1.54) is 49.2 Å². The van der Waals surface area contributed by atoms with Gasteiger partial charge in [0.2, 0.25) is 0 Å². The van der Waals surface area contributed by atoms with E-state index in [-0.39, 0.29) is 0 Å². The first-order valence-electron chi connectivity index (χ1n) is 9.88. The third-order valence-corrected chi connectivity index (χ3v) is 6.55. The van der Waals surface area contributed by atoms with Crippen LogP contribution >= 0.6 is 15.9 Å². The molecule has 0 atom stereocenters. The molecule has 0 unspecified atom stereocenters. The van der Waals surface area contributed by atoms with Crippen LogP contribution in [-0.2, 0) is 6.42 Å². The molecule has 29 heavy (non-hydrogen) atoms. The average Bonchev–Trinajstić information content (AvgIpc) is 3.32. The van der Waals surface area contributed by atoms with Gasteiger partial charge in [-0.3, -0.25) is 4.99 Å². The van der Waals surface area contributed by atoms with Crippen molar-refractivity contribution in [3.8, 4) is 0 Å². The Kier molecular flexibility index (Phi) is 3.54. The molecule has 0 saturated carbocycles. The van der Waals surface area contributed by atoms with E-state index >= 15 is 0 Å². The molecular formula is C26H19BrN2. The largest absolute Gasteiger partial charge is 0.360 e. The number of aliphatic imine (C=N–C) groups is 1. The second-order valence-electron chi connectivity index (χ2n) is 8.05. The van der Waals surface area contributed by atoms with Crippen molar-refractivity contribution >= 4 is 59.8 Å². The molecule has 0 amide bonds. The minimum atomic E-state index is 0.860. The van der Waals surface area contributed by atoms with Gasteiger partial charge < -0.3 is 4.98 Å². The number of aromatic nitrogens is 1. The quantitative estimate of drug-likeness (QED) is 0.262. The summed E-state index contributed by atoms with van der Waals surface area (Å²) in [4.78, 5) is 8.61. The maximum Gasteiger partial charge on any atom is 0.0754 e. The zero-order valence-electron chi connectivity index (χ0n) is 16.3. The Morgan fingerprint density at radius 3 is 2.31 bits per heavy atom. The second kappa shape index (κ2) is 6.04. The van der Waals surface area contributed by atoms with Crippen molar-refractivity contribution in [3.63, 3.8) is 0 Å². The van der Waals surface area contributed by atoms with E-state index in [0.717, 1.165) is 27.8 Å². The lowest BCUT2D eigenvalue weighted by molar-refractivity contribution is 1.41. The molecule has 0 aliphatic carbocycles. The Balaban J connectivity index is 1.66. The normalized spacial score (nSPS) is 13.4. The summed E-state index contributed by atoms with van der Waals surface area (Å²) in [6.07, 6.45) is 2.96. The van der Waals surface area contributed by atoms with E-state index in [1.54, 1.807) is 0 Å². The molecular weight excluding hydrogens is 420 g/mol. The van der Waals surface area contributed by atoms with E-state index in [1.807, 2.05) is 0 Å². The van der Waals surface area contributed by atoms with E-state index in [4.69, 9.17) is 4.99 Å². The highest BCUT2D eigenvalue weighted by Gasteiger charge is 2.24. The summed E-state index contributed by atoms with van der Waals surface area (Å²) in [5.41, 5.74) is 8.52. The van der Waals surface area contributed by atoms with Crippen molar-refractivity contribution in [3.05, 3.63) is 87.5 Å². The first-order valence-corrected chi connectivity index (χ1v) is 10.7. The third kappa shape index (κ3) is 2.50. The lowest BCUT2D eigenvalue weighted by atomic mass is 9.92. The van der Waals surface area contributed by atoms with Crippen molar-refractivity contribution in [2.24, 2.45) is 4.99 Å². The van der Waals surface area contributed by atoms with Gasteiger partial charge in [-0.05, 0) is 59.8 Å². The summed E-state index contributed by atoms with van der Waals surface area (Å²) in [5.74, 6) is 0. The van der Waals surface area contributed by atoms with Crippen molar-refractivity contribution in [1.82, 2.24) is 4.98 Å². The highest BCUT2D eigenvalue weighted by atomic mass is 79.9. The van der Waals surface area contributed by atoms with Gasteiger partial charge in [-0.1, -0.05) is 57.4 Å². The Labute approximate surface area is 177 Å². The van der Waals surface area contributed by atoms with Gasteiger partial charge in [0, 0.05) is 38.9 Å². The number of aryl methyl sites for hydroxylation is 2. The summed E-state index contributed by atoms with van der Waals surface area (Å²) >= 11 is 3.62. The van der Waals surface area contributed by atoms with E-state index < -0.39 is 0 Å². The SMILES string of the molecule is Cc1ccc2c(c1)c1c(c3cc(C)ccc32)N=C(c2c[nH]c3ccc(Br)cc23)C1. The molecule has 2 heterocycles. The van der Waals surface area contributed by atoms with Gasteiger partial charge in [0.15, 0.2) is 0 Å². The molecule has 0 fully saturated rings. The summed E-state index contributed by atoms with van der Waals surface area (Å²) < 4.78 is 1.09. The smallest absolute Gasteiger partial charge is 0.0754 e. The second-order valence-corrected chi connectivity index (χ2v) is 8.97. The lowest BCUT2D eigenvalue weighted by Gasteiger charge is -2.12. The molecule has 140 valence electrons. The first-order chi connectivity index (χ1) is 14.1. The summed E-state index contributed by atoms with van der Waals surface area (Å²) in [5, 5.41) is 6.41. The topological polar surface area (TPSA) is 28.1 Å². The Bertz CT molecular complexity index is 1500. The molecule has 1 aliphatic rings. The summed E-state index contributed by atoms with van der Waals surface area (Å²) in [6, 6.07) is 19.9.